The zero-order chi connectivity index (χ0) is 23.2. The Labute approximate surface area is 171 Å². The Balaban J connectivity index is 4.93. The van der Waals surface area contributed by atoms with Gasteiger partial charge in [0.25, 0.3) is 0 Å². The van der Waals surface area contributed by atoms with Crippen LogP contribution in [0.2, 0.25) is 0 Å². The van der Waals surface area contributed by atoms with E-state index in [4.69, 9.17) is 25.0 Å². The number of rotatable bonds is 8. The summed E-state index contributed by atoms with van der Waals surface area (Å²) in [5, 5.41) is 15.6. The first-order chi connectivity index (χ1) is 13.0. The molecule has 0 spiro atoms. The van der Waals surface area contributed by atoms with E-state index in [0.29, 0.717) is 0 Å². The summed E-state index contributed by atoms with van der Waals surface area (Å²) in [4.78, 5) is 48.3. The molecule has 9 nitrogen and oxygen atoms in total. The summed E-state index contributed by atoms with van der Waals surface area (Å²) < 4.78 is 14.9. The van der Waals surface area contributed by atoms with Crippen LogP contribution < -0.4 is 0 Å². The van der Waals surface area contributed by atoms with Gasteiger partial charge in [0.15, 0.2) is 0 Å². The summed E-state index contributed by atoms with van der Waals surface area (Å²) in [5.41, 5.74) is -2.64. The average molecular weight is 412 g/mol. The number of hydrogen-bond acceptors (Lipinski definition) is 9. The van der Waals surface area contributed by atoms with Crippen LogP contribution in [0.1, 0.15) is 68.2 Å². The van der Waals surface area contributed by atoms with Crippen molar-refractivity contribution in [3.63, 3.8) is 0 Å². The molecule has 29 heavy (non-hydrogen) atoms. The van der Waals surface area contributed by atoms with Gasteiger partial charge in [0, 0.05) is 6.42 Å². The lowest BCUT2D eigenvalue weighted by molar-refractivity contribution is -0.164. The Morgan fingerprint density at radius 2 is 1.28 bits per heavy atom. The fourth-order valence-corrected chi connectivity index (χ4v) is 2.05. The number of carbonyl (C=O) groups is 4. The van der Waals surface area contributed by atoms with Gasteiger partial charge < -0.3 is 14.2 Å². The van der Waals surface area contributed by atoms with Crippen LogP contribution in [0.3, 0.4) is 0 Å². The summed E-state index contributed by atoms with van der Waals surface area (Å²) in [6, 6.07) is 0. The van der Waals surface area contributed by atoms with Crippen molar-refractivity contribution in [1.82, 2.24) is 0 Å². The summed E-state index contributed by atoms with van der Waals surface area (Å²) in [6.07, 6.45) is -0.215. The van der Waals surface area contributed by atoms with Gasteiger partial charge in [0.05, 0.1) is 5.92 Å². The molecule has 0 saturated carbocycles. The maximum Gasteiger partial charge on any atom is 0.353 e. The summed E-state index contributed by atoms with van der Waals surface area (Å²) in [7, 11) is 0. The molecule has 9 heteroatoms. The van der Waals surface area contributed by atoms with Gasteiger partial charge in [-0.1, -0.05) is 13.8 Å². The molecule has 0 bridgehead atoms. The highest BCUT2D eigenvalue weighted by Gasteiger charge is 2.34. The molecule has 2 atom stereocenters. The van der Waals surface area contributed by atoms with E-state index in [1.807, 2.05) is 0 Å². The van der Waals surface area contributed by atoms with Crippen LogP contribution in [0.5, 0.6) is 0 Å². The van der Waals surface area contributed by atoms with Crippen molar-refractivity contribution < 1.29 is 33.4 Å². The predicted molar refractivity (Wildman–Crippen MR) is 106 cm³/mol. The Morgan fingerprint density at radius 1 is 0.828 bits per heavy atom. The summed E-state index contributed by atoms with van der Waals surface area (Å²) >= 11 is 0. The molecule has 0 aromatic rings. The molecule has 0 aliphatic carbocycles. The first-order valence-corrected chi connectivity index (χ1v) is 9.36. The van der Waals surface area contributed by atoms with Crippen LogP contribution in [0, 0.1) is 22.7 Å². The lowest BCUT2D eigenvalue weighted by Crippen LogP contribution is -2.37. The van der Waals surface area contributed by atoms with Crippen molar-refractivity contribution in [1.29, 1.82) is 10.8 Å². The van der Waals surface area contributed by atoms with Crippen LogP contribution in [0.4, 0.5) is 0 Å². The first-order valence-electron chi connectivity index (χ1n) is 9.36. The highest BCUT2D eigenvalue weighted by atomic mass is 16.6. The quantitative estimate of drug-likeness (QED) is 0.270. The molecule has 0 saturated heterocycles. The molecule has 164 valence electrons. The molecule has 0 heterocycles. The largest absolute Gasteiger partial charge is 0.456 e. The van der Waals surface area contributed by atoms with Gasteiger partial charge in [0.2, 0.25) is 0 Å². The number of carbonyl (C=O) groups excluding carboxylic acids is 4. The van der Waals surface area contributed by atoms with Crippen LogP contribution in [0.15, 0.2) is 0 Å². The summed E-state index contributed by atoms with van der Waals surface area (Å²) in [6.45, 7) is 12.8. The van der Waals surface area contributed by atoms with Crippen molar-refractivity contribution in [2.45, 2.75) is 79.4 Å². The molecule has 2 unspecified atom stereocenters. The molecule has 0 aromatic carbocycles. The molecule has 0 aromatic heterocycles. The second kappa shape index (κ2) is 10.3. The van der Waals surface area contributed by atoms with E-state index < -0.39 is 58.3 Å². The number of hydrogen-bond donors (Lipinski definition) is 2. The van der Waals surface area contributed by atoms with E-state index in [0.717, 1.165) is 0 Å². The molecular formula is C20H32N2O7. The number of nitrogens with one attached hydrogen (secondary N) is 2. The third kappa shape index (κ3) is 9.96. The molecule has 0 rings (SSSR count). The normalized spacial score (nSPS) is 13.7. The molecule has 0 fully saturated rings. The highest BCUT2D eigenvalue weighted by molar-refractivity contribution is 6.39. The zero-order valence-corrected chi connectivity index (χ0v) is 18.4. The van der Waals surface area contributed by atoms with Crippen molar-refractivity contribution in [3.05, 3.63) is 0 Å². The van der Waals surface area contributed by atoms with Gasteiger partial charge in [0.1, 0.15) is 28.5 Å². The zero-order valence-electron chi connectivity index (χ0n) is 18.4. The first kappa shape index (κ1) is 26.4. The lowest BCUT2D eigenvalue weighted by atomic mass is 10.00. The summed E-state index contributed by atoms with van der Waals surface area (Å²) in [5.74, 6) is -6.06. The fraction of sp³-hybridized carbons (Fsp3) is 0.700. The number of esters is 4. The highest BCUT2D eigenvalue weighted by Crippen LogP contribution is 2.16. The van der Waals surface area contributed by atoms with Gasteiger partial charge in [-0.25, -0.2) is 9.59 Å². The Kier molecular flexibility index (Phi) is 9.36. The van der Waals surface area contributed by atoms with Crippen molar-refractivity contribution in [2.24, 2.45) is 11.8 Å². The smallest absolute Gasteiger partial charge is 0.353 e. The lowest BCUT2D eigenvalue weighted by Gasteiger charge is -2.22. The minimum Gasteiger partial charge on any atom is -0.456 e. The average Bonchev–Trinajstić information content (AvgIpc) is 2.51. The Bertz CT molecular complexity index is 684. The van der Waals surface area contributed by atoms with E-state index in [-0.39, 0.29) is 12.8 Å². The van der Waals surface area contributed by atoms with Gasteiger partial charge >= 0.3 is 23.9 Å². The van der Waals surface area contributed by atoms with E-state index in [1.54, 1.807) is 48.5 Å². The Hall–Kier alpha value is -2.58. The van der Waals surface area contributed by atoms with Gasteiger partial charge in [-0.05, 0) is 48.0 Å². The van der Waals surface area contributed by atoms with Crippen LogP contribution in [-0.4, -0.2) is 46.5 Å². The topological polar surface area (TPSA) is 144 Å². The second-order valence-corrected chi connectivity index (χ2v) is 8.70. The molecule has 0 aliphatic heterocycles. The molecule has 2 N–H and O–H groups in total. The second-order valence-electron chi connectivity index (χ2n) is 8.70. The minimum atomic E-state index is -1.26. The molecule has 0 amide bonds. The molecule has 0 radical (unpaired) electrons. The molecule has 0 aliphatic rings. The van der Waals surface area contributed by atoms with Gasteiger partial charge in [-0.3, -0.25) is 20.4 Å². The van der Waals surface area contributed by atoms with E-state index >= 15 is 0 Å². The van der Waals surface area contributed by atoms with E-state index in [9.17, 15) is 19.2 Å². The third-order valence-electron chi connectivity index (χ3n) is 3.42. The van der Waals surface area contributed by atoms with Gasteiger partial charge in [-0.2, -0.15) is 0 Å². The SMILES string of the molecule is CCC(C(=N)C(=O)OC(C)(C)C)C(=O)OC(=O)C(C)CC(=N)C(=O)OC(C)(C)C. The fourth-order valence-electron chi connectivity index (χ4n) is 2.05. The standard InChI is InChI=1S/C20H32N2O7/c1-9-12(14(22)18(26)29-20(6,7)8)16(24)27-15(23)11(2)10-13(21)17(25)28-19(3,4)5/h11-12,21-22H,9-10H2,1-8H3. The van der Waals surface area contributed by atoms with Crippen molar-refractivity contribution >= 4 is 35.3 Å². The monoisotopic (exact) mass is 412 g/mol. The maximum absolute atomic E-state index is 12.3. The minimum absolute atomic E-state index is 0.0618. The van der Waals surface area contributed by atoms with Crippen molar-refractivity contribution in [3.8, 4) is 0 Å². The number of ether oxygens (including phenoxy) is 3. The van der Waals surface area contributed by atoms with E-state index in [2.05, 4.69) is 0 Å². The van der Waals surface area contributed by atoms with Gasteiger partial charge in [-0.15, -0.1) is 0 Å². The van der Waals surface area contributed by atoms with Crippen LogP contribution >= 0.6 is 0 Å². The van der Waals surface area contributed by atoms with Crippen molar-refractivity contribution in [2.75, 3.05) is 0 Å². The van der Waals surface area contributed by atoms with Crippen LogP contribution in [-0.2, 0) is 33.4 Å². The van der Waals surface area contributed by atoms with E-state index in [1.165, 1.54) is 6.92 Å². The third-order valence-corrected chi connectivity index (χ3v) is 3.42. The maximum atomic E-state index is 12.3. The predicted octanol–water partition coefficient (Wildman–Crippen LogP) is 2.83. The Morgan fingerprint density at radius 3 is 1.69 bits per heavy atom. The molecular weight excluding hydrogens is 380 g/mol. The van der Waals surface area contributed by atoms with Crippen LogP contribution in [0.25, 0.3) is 0 Å².